The van der Waals surface area contributed by atoms with Crippen molar-refractivity contribution in [2.24, 2.45) is 0 Å². The summed E-state index contributed by atoms with van der Waals surface area (Å²) in [6, 6.07) is 0.0621. The third-order valence-electron chi connectivity index (χ3n) is 1.79. The highest BCUT2D eigenvalue weighted by atomic mass is 35.5. The van der Waals surface area contributed by atoms with E-state index in [1.165, 1.54) is 7.11 Å². The van der Waals surface area contributed by atoms with Crippen LogP contribution in [0.4, 0.5) is 5.95 Å². The first-order chi connectivity index (χ1) is 8.46. The van der Waals surface area contributed by atoms with Gasteiger partial charge in [0.2, 0.25) is 21.3 Å². The van der Waals surface area contributed by atoms with Crippen molar-refractivity contribution in [1.29, 1.82) is 0 Å². The van der Waals surface area contributed by atoms with Crippen LogP contribution in [0.5, 0.6) is 6.01 Å². The molecule has 0 aliphatic heterocycles. The van der Waals surface area contributed by atoms with Gasteiger partial charge in [0.25, 0.3) is 0 Å². The number of hydrogen-bond acceptors (Lipinski definition) is 7. The average Bonchev–Trinajstić information content (AvgIpc) is 2.27. The Morgan fingerprint density at radius 1 is 1.33 bits per heavy atom. The van der Waals surface area contributed by atoms with Crippen LogP contribution in [0.15, 0.2) is 0 Å². The molecule has 0 saturated heterocycles. The van der Waals surface area contributed by atoms with E-state index in [1.54, 1.807) is 6.92 Å². The van der Waals surface area contributed by atoms with E-state index in [9.17, 15) is 8.42 Å². The minimum Gasteiger partial charge on any atom is -0.467 e. The van der Waals surface area contributed by atoms with E-state index in [2.05, 4.69) is 25.0 Å². The minimum atomic E-state index is -3.28. The fourth-order valence-electron chi connectivity index (χ4n) is 1.09. The number of nitrogens with one attached hydrogen (secondary N) is 2. The molecule has 1 aromatic rings. The number of ether oxygens (including phenoxy) is 1. The molecular formula is C8H14ClN5O3S. The van der Waals surface area contributed by atoms with Crippen LogP contribution in [-0.4, -0.2) is 49.3 Å². The molecule has 0 radical (unpaired) electrons. The molecule has 0 fully saturated rings. The van der Waals surface area contributed by atoms with E-state index in [0.717, 1.165) is 0 Å². The Hall–Kier alpha value is -1.19. The fraction of sp³-hybridized carbons (Fsp3) is 0.625. The Bertz CT molecular complexity index is 496. The van der Waals surface area contributed by atoms with Crippen molar-refractivity contribution in [2.75, 3.05) is 31.3 Å². The van der Waals surface area contributed by atoms with Crippen molar-refractivity contribution in [3.05, 3.63) is 5.28 Å². The lowest BCUT2D eigenvalue weighted by Gasteiger charge is -2.07. The predicted octanol–water partition coefficient (Wildman–Crippen LogP) is -0.115. The van der Waals surface area contributed by atoms with Gasteiger partial charge in [-0.15, -0.1) is 0 Å². The van der Waals surface area contributed by atoms with E-state index in [-0.39, 0.29) is 29.5 Å². The van der Waals surface area contributed by atoms with E-state index in [0.29, 0.717) is 6.54 Å². The van der Waals surface area contributed by atoms with Gasteiger partial charge in [-0.05, 0) is 11.6 Å². The molecule has 2 N–H and O–H groups in total. The molecule has 0 amide bonds. The first-order valence-electron chi connectivity index (χ1n) is 5.13. The maximum atomic E-state index is 11.4. The molecule has 102 valence electrons. The first kappa shape index (κ1) is 14.9. The van der Waals surface area contributed by atoms with Gasteiger partial charge in [0.05, 0.1) is 12.9 Å². The monoisotopic (exact) mass is 295 g/mol. The van der Waals surface area contributed by atoms with Crippen LogP contribution in [0.1, 0.15) is 6.92 Å². The van der Waals surface area contributed by atoms with Gasteiger partial charge in [-0.2, -0.15) is 15.0 Å². The van der Waals surface area contributed by atoms with Gasteiger partial charge in [-0.3, -0.25) is 0 Å². The summed E-state index contributed by atoms with van der Waals surface area (Å²) >= 11 is 5.63. The van der Waals surface area contributed by atoms with Crippen LogP contribution in [0.25, 0.3) is 0 Å². The third kappa shape index (κ3) is 4.98. The second-order valence-electron chi connectivity index (χ2n) is 3.16. The maximum Gasteiger partial charge on any atom is 0.322 e. The number of nitrogens with zero attached hydrogens (tertiary/aromatic N) is 3. The second-order valence-corrected chi connectivity index (χ2v) is 5.42. The summed E-state index contributed by atoms with van der Waals surface area (Å²) in [6.07, 6.45) is 0. The van der Waals surface area contributed by atoms with Gasteiger partial charge in [0.15, 0.2) is 0 Å². The Morgan fingerprint density at radius 3 is 2.67 bits per heavy atom. The van der Waals surface area contributed by atoms with E-state index in [4.69, 9.17) is 16.3 Å². The topological polar surface area (TPSA) is 106 Å². The van der Waals surface area contributed by atoms with Gasteiger partial charge in [-0.1, -0.05) is 6.92 Å². The molecule has 18 heavy (non-hydrogen) atoms. The van der Waals surface area contributed by atoms with Gasteiger partial charge in [0.1, 0.15) is 0 Å². The summed E-state index contributed by atoms with van der Waals surface area (Å²) in [5.41, 5.74) is 0. The van der Waals surface area contributed by atoms with Crippen molar-refractivity contribution in [1.82, 2.24) is 19.7 Å². The van der Waals surface area contributed by atoms with Gasteiger partial charge >= 0.3 is 6.01 Å². The highest BCUT2D eigenvalue weighted by Gasteiger charge is 2.09. The lowest BCUT2D eigenvalue weighted by molar-refractivity contribution is 0.379. The molecule has 0 aromatic carbocycles. The Labute approximate surface area is 110 Å². The van der Waals surface area contributed by atoms with Crippen molar-refractivity contribution >= 4 is 27.6 Å². The number of aromatic nitrogens is 3. The normalized spacial score (nSPS) is 11.3. The highest BCUT2D eigenvalue weighted by Crippen LogP contribution is 2.10. The summed E-state index contributed by atoms with van der Waals surface area (Å²) in [6.45, 7) is 2.22. The number of rotatable bonds is 7. The van der Waals surface area contributed by atoms with Crippen molar-refractivity contribution in [3.63, 3.8) is 0 Å². The van der Waals surface area contributed by atoms with Crippen LogP contribution < -0.4 is 14.8 Å². The number of sulfonamides is 1. The molecule has 0 unspecified atom stereocenters. The van der Waals surface area contributed by atoms with Crippen LogP contribution >= 0.6 is 11.6 Å². The fourth-order valence-corrected chi connectivity index (χ4v) is 2.20. The van der Waals surface area contributed by atoms with Crippen LogP contribution in [0.3, 0.4) is 0 Å². The molecule has 0 aliphatic carbocycles. The molecule has 1 aromatic heterocycles. The average molecular weight is 296 g/mol. The van der Waals surface area contributed by atoms with Crippen LogP contribution in [-0.2, 0) is 10.0 Å². The smallest absolute Gasteiger partial charge is 0.322 e. The number of hydrogen-bond donors (Lipinski definition) is 2. The standard InChI is InChI=1S/C8H14ClN5O3S/c1-3-11-18(15,16)5-4-10-7-12-6(9)13-8(14-7)17-2/h11H,3-5H2,1-2H3,(H,10,12,13,14). The van der Waals surface area contributed by atoms with Crippen molar-refractivity contribution in [2.45, 2.75) is 6.92 Å². The van der Waals surface area contributed by atoms with Gasteiger partial charge < -0.3 is 10.1 Å². The molecule has 0 atom stereocenters. The molecular weight excluding hydrogens is 282 g/mol. The Morgan fingerprint density at radius 2 is 2.06 bits per heavy atom. The van der Waals surface area contributed by atoms with Crippen LogP contribution in [0, 0.1) is 0 Å². The van der Waals surface area contributed by atoms with E-state index < -0.39 is 10.0 Å². The SMILES string of the molecule is CCNS(=O)(=O)CCNc1nc(Cl)nc(OC)n1. The van der Waals surface area contributed by atoms with Gasteiger partial charge in [-0.25, -0.2) is 13.1 Å². The Balaban J connectivity index is 2.56. The molecule has 10 heteroatoms. The molecule has 0 aliphatic rings. The summed E-state index contributed by atoms with van der Waals surface area (Å²) in [7, 11) is -1.88. The largest absolute Gasteiger partial charge is 0.467 e. The molecule has 1 rings (SSSR count). The van der Waals surface area contributed by atoms with E-state index in [1.807, 2.05) is 0 Å². The molecule has 0 spiro atoms. The number of methoxy groups -OCH3 is 1. The van der Waals surface area contributed by atoms with E-state index >= 15 is 0 Å². The zero-order chi connectivity index (χ0) is 13.6. The Kier molecular flexibility index (Phi) is 5.51. The van der Waals surface area contributed by atoms with Gasteiger partial charge in [0, 0.05) is 13.1 Å². The lowest BCUT2D eigenvalue weighted by Crippen LogP contribution is -2.29. The number of halogens is 1. The third-order valence-corrected chi connectivity index (χ3v) is 3.43. The van der Waals surface area contributed by atoms with Crippen molar-refractivity contribution < 1.29 is 13.2 Å². The molecule has 0 bridgehead atoms. The summed E-state index contributed by atoms with van der Waals surface area (Å²) in [5.74, 6) is 0.0745. The first-order valence-corrected chi connectivity index (χ1v) is 7.16. The molecule has 1 heterocycles. The summed E-state index contributed by atoms with van der Waals surface area (Å²) < 4.78 is 29.9. The summed E-state index contributed by atoms with van der Waals surface area (Å²) in [4.78, 5) is 11.3. The molecule has 8 nitrogen and oxygen atoms in total. The van der Waals surface area contributed by atoms with Crippen LogP contribution in [0.2, 0.25) is 5.28 Å². The lowest BCUT2D eigenvalue weighted by atomic mass is 10.7. The zero-order valence-electron chi connectivity index (χ0n) is 9.97. The van der Waals surface area contributed by atoms with Crippen molar-refractivity contribution in [3.8, 4) is 6.01 Å². The minimum absolute atomic E-state index is 0.0288. The highest BCUT2D eigenvalue weighted by molar-refractivity contribution is 7.89. The zero-order valence-corrected chi connectivity index (χ0v) is 11.5. The maximum absolute atomic E-state index is 11.4. The second kappa shape index (κ2) is 6.66. The summed E-state index contributed by atoms with van der Waals surface area (Å²) in [5, 5.41) is 2.70. The number of anilines is 1. The predicted molar refractivity (Wildman–Crippen MR) is 67.3 cm³/mol. The quantitative estimate of drug-likeness (QED) is 0.722. The molecule has 0 saturated carbocycles.